The third-order valence-electron chi connectivity index (χ3n) is 2.27. The summed E-state index contributed by atoms with van der Waals surface area (Å²) in [7, 11) is 1.99. The zero-order valence-electron chi connectivity index (χ0n) is 9.34. The van der Waals surface area contributed by atoms with Crippen molar-refractivity contribution < 1.29 is 5.11 Å². The van der Waals surface area contributed by atoms with Gasteiger partial charge in [-0.3, -0.25) is 0 Å². The van der Waals surface area contributed by atoms with Gasteiger partial charge < -0.3 is 9.67 Å². The first-order valence-corrected chi connectivity index (χ1v) is 6.15. The molecule has 0 atom stereocenters. The lowest BCUT2D eigenvalue weighted by Gasteiger charge is -1.96. The molecule has 1 aromatic heterocycles. The molecule has 0 bridgehead atoms. The van der Waals surface area contributed by atoms with E-state index in [4.69, 9.17) is 0 Å². The zero-order valence-corrected chi connectivity index (χ0v) is 10.2. The quantitative estimate of drug-likeness (QED) is 0.830. The van der Waals surface area contributed by atoms with Crippen LogP contribution in [0.5, 0.6) is 5.75 Å². The number of rotatable bonds is 3. The molecule has 0 unspecified atom stereocenters. The lowest BCUT2D eigenvalue weighted by molar-refractivity contribution is 0.475. The monoisotopic (exact) mass is 234 g/mol. The van der Waals surface area contributed by atoms with Crippen LogP contribution >= 0.6 is 11.8 Å². The molecule has 3 nitrogen and oxygen atoms in total. The molecule has 0 aliphatic carbocycles. The number of phenols is 1. The van der Waals surface area contributed by atoms with Crippen LogP contribution in [0.15, 0.2) is 35.6 Å². The third kappa shape index (κ3) is 2.22. The summed E-state index contributed by atoms with van der Waals surface area (Å²) in [5, 5.41) is 10.2. The van der Waals surface area contributed by atoms with Crippen molar-refractivity contribution in [1.82, 2.24) is 9.55 Å². The van der Waals surface area contributed by atoms with E-state index >= 15 is 0 Å². The molecule has 1 aromatic carbocycles. The van der Waals surface area contributed by atoms with Gasteiger partial charge in [-0.2, -0.15) is 0 Å². The highest BCUT2D eigenvalue weighted by molar-refractivity contribution is 7.99. The highest BCUT2D eigenvalue weighted by Gasteiger charge is 2.06. The number of benzene rings is 1. The molecule has 16 heavy (non-hydrogen) atoms. The molecule has 2 rings (SSSR count). The van der Waals surface area contributed by atoms with Crippen molar-refractivity contribution in [2.24, 2.45) is 7.05 Å². The maximum atomic E-state index is 9.22. The Balaban J connectivity index is 2.33. The Kier molecular flexibility index (Phi) is 3.19. The summed E-state index contributed by atoms with van der Waals surface area (Å²) < 4.78 is 2.02. The van der Waals surface area contributed by atoms with E-state index in [0.717, 1.165) is 22.2 Å². The zero-order chi connectivity index (χ0) is 11.5. The standard InChI is InChI=1S/C12H14N2OS/c1-3-16-12-13-11(8-14(12)2)9-4-6-10(15)7-5-9/h4-8,15H,3H2,1-2H3. The normalized spacial score (nSPS) is 10.6. The molecule has 2 aromatic rings. The number of imidazole rings is 1. The van der Waals surface area contributed by atoms with E-state index < -0.39 is 0 Å². The van der Waals surface area contributed by atoms with Gasteiger partial charge in [0.05, 0.1) is 5.69 Å². The minimum atomic E-state index is 0.280. The molecule has 4 heteroatoms. The maximum absolute atomic E-state index is 9.22. The van der Waals surface area contributed by atoms with Crippen LogP contribution in [0.2, 0.25) is 0 Å². The lowest BCUT2D eigenvalue weighted by atomic mass is 10.2. The lowest BCUT2D eigenvalue weighted by Crippen LogP contribution is -1.87. The molecule has 0 amide bonds. The van der Waals surface area contributed by atoms with Crippen molar-refractivity contribution in [2.45, 2.75) is 12.1 Å². The van der Waals surface area contributed by atoms with Crippen LogP contribution < -0.4 is 0 Å². The molecule has 0 aliphatic rings. The fourth-order valence-corrected chi connectivity index (χ4v) is 2.16. The van der Waals surface area contributed by atoms with Gasteiger partial charge >= 0.3 is 0 Å². The number of aromatic nitrogens is 2. The summed E-state index contributed by atoms with van der Waals surface area (Å²) in [6.07, 6.45) is 2.00. The van der Waals surface area contributed by atoms with E-state index in [1.165, 1.54) is 0 Å². The van der Waals surface area contributed by atoms with E-state index in [1.54, 1.807) is 23.9 Å². The highest BCUT2D eigenvalue weighted by Crippen LogP contribution is 2.24. The van der Waals surface area contributed by atoms with Gasteiger partial charge in [-0.05, 0) is 30.0 Å². The van der Waals surface area contributed by atoms with Crippen LogP contribution in [-0.2, 0) is 7.05 Å². The molecule has 1 heterocycles. The number of hydrogen-bond donors (Lipinski definition) is 1. The van der Waals surface area contributed by atoms with Crippen LogP contribution in [0.25, 0.3) is 11.3 Å². The van der Waals surface area contributed by atoms with E-state index in [9.17, 15) is 5.11 Å². The molecule has 0 spiro atoms. The molecule has 0 fully saturated rings. The van der Waals surface area contributed by atoms with Crippen molar-refractivity contribution in [1.29, 1.82) is 0 Å². The molecule has 0 saturated carbocycles. The highest BCUT2D eigenvalue weighted by atomic mass is 32.2. The SMILES string of the molecule is CCSc1nc(-c2ccc(O)cc2)cn1C. The first-order chi connectivity index (χ1) is 7.70. The second kappa shape index (κ2) is 4.61. The summed E-state index contributed by atoms with van der Waals surface area (Å²) >= 11 is 1.72. The van der Waals surface area contributed by atoms with Gasteiger partial charge in [0.2, 0.25) is 0 Å². The molecule has 1 N–H and O–H groups in total. The first kappa shape index (κ1) is 11.1. The van der Waals surface area contributed by atoms with Crippen LogP contribution in [0.4, 0.5) is 0 Å². The number of phenolic OH excluding ortho intramolecular Hbond substituents is 1. The molecule has 0 radical (unpaired) electrons. The van der Waals surface area contributed by atoms with Gasteiger partial charge in [0.15, 0.2) is 5.16 Å². The Morgan fingerprint density at radius 3 is 2.62 bits per heavy atom. The van der Waals surface area contributed by atoms with E-state index in [1.807, 2.05) is 29.9 Å². The predicted octanol–water partition coefficient (Wildman–Crippen LogP) is 2.90. The van der Waals surface area contributed by atoms with Crippen LogP contribution in [0.1, 0.15) is 6.92 Å². The Morgan fingerprint density at radius 1 is 1.31 bits per heavy atom. The van der Waals surface area contributed by atoms with Gasteiger partial charge in [-0.25, -0.2) is 4.98 Å². The Bertz CT molecular complexity index is 476. The summed E-state index contributed by atoms with van der Waals surface area (Å²) in [6.45, 7) is 2.11. The fraction of sp³-hybridized carbons (Fsp3) is 0.250. The molecule has 0 saturated heterocycles. The van der Waals surface area contributed by atoms with E-state index in [0.29, 0.717) is 0 Å². The average Bonchev–Trinajstić information content (AvgIpc) is 2.62. The fourth-order valence-electron chi connectivity index (χ4n) is 1.48. The van der Waals surface area contributed by atoms with Crippen LogP contribution in [0.3, 0.4) is 0 Å². The van der Waals surface area contributed by atoms with Gasteiger partial charge in [0.25, 0.3) is 0 Å². The Labute approximate surface area is 99.1 Å². The number of nitrogens with zero attached hydrogens (tertiary/aromatic N) is 2. The van der Waals surface area contributed by atoms with Crippen LogP contribution in [-0.4, -0.2) is 20.4 Å². The van der Waals surface area contributed by atoms with E-state index in [2.05, 4.69) is 11.9 Å². The van der Waals surface area contributed by atoms with Gasteiger partial charge in [0.1, 0.15) is 5.75 Å². The topological polar surface area (TPSA) is 38.1 Å². The smallest absolute Gasteiger partial charge is 0.168 e. The minimum Gasteiger partial charge on any atom is -0.508 e. The van der Waals surface area contributed by atoms with Crippen molar-refractivity contribution in [3.8, 4) is 17.0 Å². The molecular formula is C12H14N2OS. The summed E-state index contributed by atoms with van der Waals surface area (Å²) in [4.78, 5) is 4.54. The van der Waals surface area contributed by atoms with Crippen molar-refractivity contribution in [3.63, 3.8) is 0 Å². The van der Waals surface area contributed by atoms with Gasteiger partial charge in [-0.15, -0.1) is 0 Å². The molecular weight excluding hydrogens is 220 g/mol. The number of thioether (sulfide) groups is 1. The van der Waals surface area contributed by atoms with Crippen LogP contribution in [0, 0.1) is 0 Å². The minimum absolute atomic E-state index is 0.280. The summed E-state index contributed by atoms with van der Waals surface area (Å²) in [5.74, 6) is 1.29. The van der Waals surface area contributed by atoms with Crippen molar-refractivity contribution >= 4 is 11.8 Å². The summed E-state index contributed by atoms with van der Waals surface area (Å²) in [5.41, 5.74) is 1.97. The second-order valence-corrected chi connectivity index (χ2v) is 4.73. The number of aromatic hydroxyl groups is 1. The average molecular weight is 234 g/mol. The Hall–Kier alpha value is -1.42. The first-order valence-electron chi connectivity index (χ1n) is 5.16. The Morgan fingerprint density at radius 2 is 2.00 bits per heavy atom. The largest absolute Gasteiger partial charge is 0.508 e. The van der Waals surface area contributed by atoms with Crippen molar-refractivity contribution in [2.75, 3.05) is 5.75 Å². The maximum Gasteiger partial charge on any atom is 0.168 e. The van der Waals surface area contributed by atoms with Crippen molar-refractivity contribution in [3.05, 3.63) is 30.5 Å². The second-order valence-electron chi connectivity index (χ2n) is 3.50. The van der Waals surface area contributed by atoms with Gasteiger partial charge in [-0.1, -0.05) is 18.7 Å². The third-order valence-corrected chi connectivity index (χ3v) is 3.20. The predicted molar refractivity (Wildman–Crippen MR) is 66.7 cm³/mol. The number of hydrogen-bond acceptors (Lipinski definition) is 3. The van der Waals surface area contributed by atoms with E-state index in [-0.39, 0.29) is 5.75 Å². The summed E-state index contributed by atoms with van der Waals surface area (Å²) in [6, 6.07) is 7.10. The molecule has 84 valence electrons. The number of aryl methyl sites for hydroxylation is 1. The van der Waals surface area contributed by atoms with Gasteiger partial charge in [0, 0.05) is 18.8 Å². The molecule has 0 aliphatic heterocycles.